The van der Waals surface area contributed by atoms with Gasteiger partial charge < -0.3 is 14.8 Å². The van der Waals surface area contributed by atoms with Gasteiger partial charge in [0.2, 0.25) is 15.9 Å². The molecular formula is C20H33N3O5S. The van der Waals surface area contributed by atoms with Gasteiger partial charge in [-0.3, -0.25) is 14.0 Å². The van der Waals surface area contributed by atoms with Gasteiger partial charge in [0.1, 0.15) is 11.8 Å². The Morgan fingerprint density at radius 1 is 1.24 bits per heavy atom. The second-order valence-corrected chi connectivity index (χ2v) is 8.87. The van der Waals surface area contributed by atoms with Crippen LogP contribution in [0.15, 0.2) is 24.3 Å². The van der Waals surface area contributed by atoms with E-state index in [2.05, 4.69) is 10.2 Å². The summed E-state index contributed by atoms with van der Waals surface area (Å²) in [6, 6.07) is 5.96. The maximum atomic E-state index is 12.8. The molecule has 29 heavy (non-hydrogen) atoms. The fourth-order valence-electron chi connectivity index (χ4n) is 3.37. The molecule has 0 aliphatic carbocycles. The monoisotopic (exact) mass is 427 g/mol. The summed E-state index contributed by atoms with van der Waals surface area (Å²) in [6.07, 6.45) is 2.30. The second-order valence-electron chi connectivity index (χ2n) is 7.01. The van der Waals surface area contributed by atoms with Crippen LogP contribution in [0.4, 0.5) is 5.69 Å². The van der Waals surface area contributed by atoms with Crippen molar-refractivity contribution in [2.45, 2.75) is 32.7 Å². The summed E-state index contributed by atoms with van der Waals surface area (Å²) in [5.74, 6) is 0.374. The zero-order chi connectivity index (χ0) is 21.3. The van der Waals surface area contributed by atoms with Gasteiger partial charge >= 0.3 is 0 Å². The lowest BCUT2D eigenvalue weighted by Crippen LogP contribution is -2.49. The van der Waals surface area contributed by atoms with E-state index in [1.54, 1.807) is 24.3 Å². The number of rotatable bonds is 11. The van der Waals surface area contributed by atoms with Crippen molar-refractivity contribution in [3.05, 3.63) is 24.3 Å². The van der Waals surface area contributed by atoms with Crippen molar-refractivity contribution in [2.75, 3.05) is 56.6 Å². The summed E-state index contributed by atoms with van der Waals surface area (Å²) >= 11 is 0. The van der Waals surface area contributed by atoms with Crippen LogP contribution < -0.4 is 14.4 Å². The average molecular weight is 428 g/mol. The number of ether oxygens (including phenoxy) is 2. The van der Waals surface area contributed by atoms with Gasteiger partial charge in [-0.05, 0) is 50.6 Å². The van der Waals surface area contributed by atoms with Gasteiger partial charge in [-0.25, -0.2) is 8.42 Å². The number of nitrogens with zero attached hydrogens (tertiary/aromatic N) is 2. The third-order valence-corrected chi connectivity index (χ3v) is 5.97. The molecule has 1 aliphatic heterocycles. The van der Waals surface area contributed by atoms with Crippen molar-refractivity contribution in [3.63, 3.8) is 0 Å². The molecule has 1 aromatic rings. The lowest BCUT2D eigenvalue weighted by atomic mass is 10.2. The van der Waals surface area contributed by atoms with Gasteiger partial charge in [0.15, 0.2) is 0 Å². The van der Waals surface area contributed by atoms with Crippen molar-refractivity contribution in [2.24, 2.45) is 0 Å². The van der Waals surface area contributed by atoms with Gasteiger partial charge in [-0.1, -0.05) is 6.92 Å². The molecule has 0 bridgehead atoms. The molecule has 1 saturated heterocycles. The molecule has 1 N–H and O–H groups in total. The first-order chi connectivity index (χ1) is 13.9. The topological polar surface area (TPSA) is 88.2 Å². The van der Waals surface area contributed by atoms with E-state index in [1.165, 1.54) is 4.31 Å². The molecule has 0 saturated carbocycles. The van der Waals surface area contributed by atoms with Crippen LogP contribution in [0.2, 0.25) is 0 Å². The van der Waals surface area contributed by atoms with Crippen LogP contribution in [-0.4, -0.2) is 77.5 Å². The molecule has 164 valence electrons. The number of carbonyl (C=O) groups excluding carboxylic acids is 1. The number of hydrogen-bond acceptors (Lipinski definition) is 6. The predicted molar refractivity (Wildman–Crippen MR) is 114 cm³/mol. The molecule has 2 rings (SSSR count). The highest BCUT2D eigenvalue weighted by Crippen LogP contribution is 2.25. The Morgan fingerprint density at radius 3 is 2.45 bits per heavy atom. The number of sulfonamides is 1. The fourth-order valence-corrected chi connectivity index (χ4v) is 4.58. The normalized spacial score (nSPS) is 16.2. The molecule has 0 spiro atoms. The molecular weight excluding hydrogens is 394 g/mol. The first-order valence-electron chi connectivity index (χ1n) is 10.2. The van der Waals surface area contributed by atoms with Gasteiger partial charge in [0.25, 0.3) is 0 Å². The molecule has 1 aliphatic rings. The Kier molecular flexibility index (Phi) is 9.19. The minimum absolute atomic E-state index is 0.284. The van der Waals surface area contributed by atoms with Crippen molar-refractivity contribution in [1.29, 1.82) is 0 Å². The maximum Gasteiger partial charge on any atom is 0.243 e. The zero-order valence-corrected chi connectivity index (χ0v) is 18.4. The number of benzene rings is 1. The average Bonchev–Trinajstić information content (AvgIpc) is 2.70. The fraction of sp³-hybridized carbons (Fsp3) is 0.650. The van der Waals surface area contributed by atoms with Crippen molar-refractivity contribution < 1.29 is 22.7 Å². The maximum absolute atomic E-state index is 12.8. The molecule has 8 nitrogen and oxygen atoms in total. The van der Waals surface area contributed by atoms with Crippen LogP contribution in [0, 0.1) is 0 Å². The van der Waals surface area contributed by atoms with Gasteiger partial charge in [0.05, 0.1) is 31.8 Å². The molecule has 0 unspecified atom stereocenters. The SMILES string of the molecule is CCOc1ccc(N([C@H](CC)C(=O)NCCCN2CCOCC2)S(C)(=O)=O)cc1. The molecule has 1 aromatic carbocycles. The van der Waals surface area contributed by atoms with E-state index < -0.39 is 16.1 Å². The van der Waals surface area contributed by atoms with E-state index in [1.807, 2.05) is 13.8 Å². The number of carbonyl (C=O) groups is 1. The Labute approximate surface area is 174 Å². The highest BCUT2D eigenvalue weighted by Gasteiger charge is 2.31. The van der Waals surface area contributed by atoms with Crippen molar-refractivity contribution in [3.8, 4) is 5.75 Å². The summed E-state index contributed by atoms with van der Waals surface area (Å²) in [5, 5.41) is 2.90. The van der Waals surface area contributed by atoms with E-state index in [0.717, 1.165) is 45.5 Å². The summed E-state index contributed by atoms with van der Waals surface area (Å²) in [5.41, 5.74) is 0.450. The molecule has 1 atom stereocenters. The number of morpholine rings is 1. The Bertz CT molecular complexity index is 733. The summed E-state index contributed by atoms with van der Waals surface area (Å²) in [6.45, 7) is 8.92. The minimum atomic E-state index is -3.64. The number of nitrogens with one attached hydrogen (secondary N) is 1. The smallest absolute Gasteiger partial charge is 0.243 e. The van der Waals surface area contributed by atoms with E-state index in [9.17, 15) is 13.2 Å². The van der Waals surface area contributed by atoms with Crippen LogP contribution in [0.25, 0.3) is 0 Å². The molecule has 9 heteroatoms. The van der Waals surface area contributed by atoms with Crippen molar-refractivity contribution in [1.82, 2.24) is 10.2 Å². The zero-order valence-electron chi connectivity index (χ0n) is 17.6. The van der Waals surface area contributed by atoms with Crippen LogP contribution in [0.1, 0.15) is 26.7 Å². The first-order valence-corrected chi connectivity index (χ1v) is 12.0. The highest BCUT2D eigenvalue weighted by atomic mass is 32.2. The Balaban J connectivity index is 2.00. The lowest BCUT2D eigenvalue weighted by molar-refractivity contribution is -0.122. The standard InChI is InChI=1S/C20H33N3O5S/c1-4-19(20(24)21-11-6-12-22-13-15-27-16-14-22)23(29(3,25)26)17-7-9-18(10-8-17)28-5-2/h7-10,19H,4-6,11-16H2,1-3H3,(H,21,24)/t19-/m1/s1. The van der Waals surface area contributed by atoms with Crippen LogP contribution in [0.5, 0.6) is 5.75 Å². The quantitative estimate of drug-likeness (QED) is 0.538. The summed E-state index contributed by atoms with van der Waals surface area (Å²) in [4.78, 5) is 15.1. The Hall–Kier alpha value is -1.84. The highest BCUT2D eigenvalue weighted by molar-refractivity contribution is 7.92. The van der Waals surface area contributed by atoms with Gasteiger partial charge in [-0.2, -0.15) is 0 Å². The van der Waals surface area contributed by atoms with E-state index >= 15 is 0 Å². The molecule has 0 radical (unpaired) electrons. The minimum Gasteiger partial charge on any atom is -0.494 e. The van der Waals surface area contributed by atoms with Crippen LogP contribution >= 0.6 is 0 Å². The third-order valence-electron chi connectivity index (χ3n) is 4.79. The van der Waals surface area contributed by atoms with E-state index in [0.29, 0.717) is 31.0 Å². The summed E-state index contributed by atoms with van der Waals surface area (Å²) in [7, 11) is -3.64. The predicted octanol–water partition coefficient (Wildman–Crippen LogP) is 1.47. The van der Waals surface area contributed by atoms with Gasteiger partial charge in [-0.15, -0.1) is 0 Å². The first kappa shape index (κ1) is 23.4. The van der Waals surface area contributed by atoms with Crippen LogP contribution in [0.3, 0.4) is 0 Å². The van der Waals surface area contributed by atoms with E-state index in [-0.39, 0.29) is 5.91 Å². The number of anilines is 1. The molecule has 1 fully saturated rings. The number of hydrogen-bond donors (Lipinski definition) is 1. The second kappa shape index (κ2) is 11.4. The molecule has 1 heterocycles. The molecule has 1 amide bonds. The van der Waals surface area contributed by atoms with Gasteiger partial charge in [0, 0.05) is 19.6 Å². The van der Waals surface area contributed by atoms with Crippen LogP contribution in [-0.2, 0) is 19.6 Å². The Morgan fingerprint density at radius 2 is 1.90 bits per heavy atom. The van der Waals surface area contributed by atoms with E-state index in [4.69, 9.17) is 9.47 Å². The lowest BCUT2D eigenvalue weighted by Gasteiger charge is -2.30. The number of amides is 1. The van der Waals surface area contributed by atoms with Crippen molar-refractivity contribution >= 4 is 21.6 Å². The summed E-state index contributed by atoms with van der Waals surface area (Å²) < 4.78 is 36.9. The largest absolute Gasteiger partial charge is 0.494 e. The third kappa shape index (κ3) is 7.17. The molecule has 0 aromatic heterocycles.